The largest absolute Gasteiger partial charge is 0.483 e. The van der Waals surface area contributed by atoms with E-state index >= 15 is 0 Å². The van der Waals surface area contributed by atoms with Crippen molar-refractivity contribution in [3.63, 3.8) is 0 Å². The van der Waals surface area contributed by atoms with Crippen LogP contribution in [0.15, 0.2) is 46.9 Å². The van der Waals surface area contributed by atoms with Gasteiger partial charge >= 0.3 is 0 Å². The highest BCUT2D eigenvalue weighted by Crippen LogP contribution is 2.29. The Morgan fingerprint density at radius 1 is 1.09 bits per heavy atom. The third-order valence-corrected chi connectivity index (χ3v) is 5.93. The molecule has 0 aliphatic carbocycles. The maximum Gasteiger partial charge on any atom is 0.261 e. The summed E-state index contributed by atoms with van der Waals surface area (Å²) in [6.45, 7) is 10.6. The standard InChI is InChI=1S/C26H34BrFN2O3/c1-6-23(26(32)29-14-17(2)3)30(15-19-7-10-21(28)11-8-19)25(31)16-33-24-12-9-20(18(4)5)13-22(24)27/h7-13,17-18,23H,6,14-16H2,1-5H3,(H,29,32)/t23-/m0/s1. The first-order valence-corrected chi connectivity index (χ1v) is 12.2. The molecule has 0 aromatic heterocycles. The van der Waals surface area contributed by atoms with Gasteiger partial charge in [-0.3, -0.25) is 9.59 Å². The molecule has 0 heterocycles. The number of hydrogen-bond acceptors (Lipinski definition) is 3. The smallest absolute Gasteiger partial charge is 0.261 e. The SMILES string of the molecule is CC[C@@H](C(=O)NCC(C)C)N(Cc1ccc(F)cc1)C(=O)COc1ccc(C(C)C)cc1Br. The van der Waals surface area contributed by atoms with E-state index in [-0.39, 0.29) is 30.8 Å². The fourth-order valence-electron chi connectivity index (χ4n) is 3.34. The Labute approximate surface area is 204 Å². The summed E-state index contributed by atoms with van der Waals surface area (Å²) in [5, 5.41) is 2.92. The number of rotatable bonds is 11. The summed E-state index contributed by atoms with van der Waals surface area (Å²) in [5.74, 6) is 0.359. The Kier molecular flexibility index (Phi) is 10.4. The molecule has 0 saturated heterocycles. The lowest BCUT2D eigenvalue weighted by Gasteiger charge is -2.31. The van der Waals surface area contributed by atoms with Crippen LogP contribution >= 0.6 is 15.9 Å². The van der Waals surface area contributed by atoms with Crippen LogP contribution in [0, 0.1) is 11.7 Å². The second-order valence-corrected chi connectivity index (χ2v) is 9.70. The van der Waals surface area contributed by atoms with Gasteiger partial charge in [0.05, 0.1) is 4.47 Å². The number of halogens is 2. The van der Waals surface area contributed by atoms with Crippen molar-refractivity contribution in [3.05, 3.63) is 63.9 Å². The number of nitrogens with one attached hydrogen (secondary N) is 1. The molecule has 0 aliphatic heterocycles. The van der Waals surface area contributed by atoms with E-state index in [1.165, 1.54) is 17.0 Å². The molecule has 33 heavy (non-hydrogen) atoms. The highest BCUT2D eigenvalue weighted by Gasteiger charge is 2.29. The Morgan fingerprint density at radius 2 is 1.76 bits per heavy atom. The minimum atomic E-state index is -0.656. The van der Waals surface area contributed by atoms with Crippen molar-refractivity contribution in [2.45, 2.75) is 59.5 Å². The molecule has 180 valence electrons. The van der Waals surface area contributed by atoms with Gasteiger partial charge in [0.1, 0.15) is 17.6 Å². The van der Waals surface area contributed by atoms with Gasteiger partial charge < -0.3 is 15.0 Å². The molecule has 2 amide bonds. The van der Waals surface area contributed by atoms with Crippen LogP contribution in [0.5, 0.6) is 5.75 Å². The van der Waals surface area contributed by atoms with Gasteiger partial charge in [0.15, 0.2) is 6.61 Å². The van der Waals surface area contributed by atoms with Crippen LogP contribution in [0.3, 0.4) is 0 Å². The number of hydrogen-bond donors (Lipinski definition) is 1. The maximum absolute atomic E-state index is 13.4. The molecule has 0 aliphatic rings. The van der Waals surface area contributed by atoms with Gasteiger partial charge in [-0.25, -0.2) is 4.39 Å². The van der Waals surface area contributed by atoms with Gasteiger partial charge in [0.25, 0.3) is 5.91 Å². The van der Waals surface area contributed by atoms with E-state index in [9.17, 15) is 14.0 Å². The summed E-state index contributed by atoms with van der Waals surface area (Å²) in [4.78, 5) is 27.6. The highest BCUT2D eigenvalue weighted by atomic mass is 79.9. The van der Waals surface area contributed by atoms with E-state index in [4.69, 9.17) is 4.74 Å². The molecule has 7 heteroatoms. The van der Waals surface area contributed by atoms with E-state index < -0.39 is 6.04 Å². The molecule has 0 unspecified atom stereocenters. The molecular formula is C26H34BrFN2O3. The zero-order chi connectivity index (χ0) is 24.5. The second-order valence-electron chi connectivity index (χ2n) is 8.84. The van der Waals surface area contributed by atoms with Crippen molar-refractivity contribution in [3.8, 4) is 5.75 Å². The van der Waals surface area contributed by atoms with E-state index in [1.54, 1.807) is 12.1 Å². The Balaban J connectivity index is 2.20. The monoisotopic (exact) mass is 520 g/mol. The van der Waals surface area contributed by atoms with E-state index in [0.717, 1.165) is 15.6 Å². The number of benzene rings is 2. The molecule has 0 saturated carbocycles. The molecule has 0 radical (unpaired) electrons. The van der Waals surface area contributed by atoms with E-state index in [1.807, 2.05) is 39.0 Å². The number of amides is 2. The Morgan fingerprint density at radius 3 is 2.30 bits per heavy atom. The van der Waals surface area contributed by atoms with Gasteiger partial charge in [0.2, 0.25) is 5.91 Å². The highest BCUT2D eigenvalue weighted by molar-refractivity contribution is 9.10. The summed E-state index contributed by atoms with van der Waals surface area (Å²) in [6, 6.07) is 11.1. The van der Waals surface area contributed by atoms with Crippen LogP contribution in [0.1, 0.15) is 58.1 Å². The molecule has 1 atom stereocenters. The number of ether oxygens (including phenoxy) is 1. The third-order valence-electron chi connectivity index (χ3n) is 5.31. The van der Waals surface area contributed by atoms with Crippen molar-refractivity contribution in [1.29, 1.82) is 0 Å². The molecule has 2 aromatic rings. The molecule has 1 N–H and O–H groups in total. The number of carbonyl (C=O) groups excluding carboxylic acids is 2. The lowest BCUT2D eigenvalue weighted by molar-refractivity contribution is -0.143. The van der Waals surface area contributed by atoms with Crippen molar-refractivity contribution in [2.75, 3.05) is 13.2 Å². The predicted molar refractivity (Wildman–Crippen MR) is 133 cm³/mol. The van der Waals surface area contributed by atoms with Gasteiger partial charge in [-0.2, -0.15) is 0 Å². The van der Waals surface area contributed by atoms with Crippen molar-refractivity contribution in [2.24, 2.45) is 5.92 Å². The third kappa shape index (κ3) is 8.14. The number of carbonyl (C=O) groups is 2. The van der Waals surface area contributed by atoms with Crippen molar-refractivity contribution >= 4 is 27.7 Å². The minimum Gasteiger partial charge on any atom is -0.483 e. The fraction of sp³-hybridized carbons (Fsp3) is 0.462. The second kappa shape index (κ2) is 12.7. The van der Waals surface area contributed by atoms with Crippen LogP contribution < -0.4 is 10.1 Å². The molecule has 2 rings (SSSR count). The van der Waals surface area contributed by atoms with Crippen molar-refractivity contribution < 1.29 is 18.7 Å². The molecule has 5 nitrogen and oxygen atoms in total. The van der Waals surface area contributed by atoms with Crippen LogP contribution in [0.2, 0.25) is 0 Å². The topological polar surface area (TPSA) is 58.6 Å². The van der Waals surface area contributed by atoms with Crippen LogP contribution in [0.25, 0.3) is 0 Å². The maximum atomic E-state index is 13.4. The lowest BCUT2D eigenvalue weighted by atomic mass is 10.0. The van der Waals surface area contributed by atoms with Crippen LogP contribution in [-0.2, 0) is 16.1 Å². The number of nitrogens with zero attached hydrogens (tertiary/aromatic N) is 1. The molecule has 0 bridgehead atoms. The van der Waals surface area contributed by atoms with Crippen molar-refractivity contribution in [1.82, 2.24) is 10.2 Å². The zero-order valence-electron chi connectivity index (χ0n) is 20.0. The van der Waals surface area contributed by atoms with Gasteiger partial charge in [-0.15, -0.1) is 0 Å². The molecular weight excluding hydrogens is 487 g/mol. The average Bonchev–Trinajstić information content (AvgIpc) is 2.77. The van der Waals surface area contributed by atoms with E-state index in [2.05, 4.69) is 35.1 Å². The normalized spacial score (nSPS) is 12.0. The van der Waals surface area contributed by atoms with Gasteiger partial charge in [-0.05, 0) is 69.6 Å². The molecule has 0 spiro atoms. The summed E-state index contributed by atoms with van der Waals surface area (Å²) in [7, 11) is 0. The average molecular weight is 521 g/mol. The molecule has 2 aromatic carbocycles. The first-order valence-electron chi connectivity index (χ1n) is 11.4. The van der Waals surface area contributed by atoms with Crippen LogP contribution in [0.4, 0.5) is 4.39 Å². The minimum absolute atomic E-state index is 0.184. The zero-order valence-corrected chi connectivity index (χ0v) is 21.6. The van der Waals surface area contributed by atoms with Gasteiger partial charge in [0, 0.05) is 13.1 Å². The van der Waals surface area contributed by atoms with Gasteiger partial charge in [-0.1, -0.05) is 52.8 Å². The van der Waals surface area contributed by atoms with Crippen LogP contribution in [-0.4, -0.2) is 35.9 Å². The fourth-order valence-corrected chi connectivity index (χ4v) is 3.86. The Bertz CT molecular complexity index is 932. The van der Waals surface area contributed by atoms with E-state index in [0.29, 0.717) is 30.6 Å². The first-order chi connectivity index (χ1) is 15.6. The Hall–Kier alpha value is -2.41. The molecule has 0 fully saturated rings. The summed E-state index contributed by atoms with van der Waals surface area (Å²) in [6.07, 6.45) is 0.448. The summed E-state index contributed by atoms with van der Waals surface area (Å²) < 4.78 is 20.0. The lowest BCUT2D eigenvalue weighted by Crippen LogP contribution is -2.50. The summed E-state index contributed by atoms with van der Waals surface area (Å²) >= 11 is 3.51. The first kappa shape index (κ1) is 26.8. The predicted octanol–water partition coefficient (Wildman–Crippen LogP) is 5.67. The summed E-state index contributed by atoms with van der Waals surface area (Å²) in [5.41, 5.74) is 1.90. The quantitative estimate of drug-likeness (QED) is 0.415.